The van der Waals surface area contributed by atoms with Crippen LogP contribution >= 0.6 is 11.6 Å². The minimum atomic E-state index is -0.309. The number of nitrogens with zero attached hydrogens (tertiary/aromatic N) is 1. The van der Waals surface area contributed by atoms with E-state index in [0.29, 0.717) is 21.9 Å². The Morgan fingerprint density at radius 3 is 2.45 bits per heavy atom. The number of fused-ring (bicyclic) bond motifs is 2. The largest absolute Gasteiger partial charge is 0.438 e. The van der Waals surface area contributed by atoms with E-state index in [1.54, 1.807) is 24.3 Å². The minimum absolute atomic E-state index is 0.235. The number of halogens is 1. The molecule has 1 amide bonds. The zero-order chi connectivity index (χ0) is 21.2. The summed E-state index contributed by atoms with van der Waals surface area (Å²) < 4.78 is 6.01. The van der Waals surface area contributed by atoms with Gasteiger partial charge < -0.3 is 9.73 Å². The molecule has 4 aromatic carbocycles. The van der Waals surface area contributed by atoms with Crippen LogP contribution in [0.25, 0.3) is 21.7 Å². The molecule has 1 heterocycles. The van der Waals surface area contributed by atoms with Crippen molar-refractivity contribution in [3.8, 4) is 0 Å². The zero-order valence-electron chi connectivity index (χ0n) is 16.4. The van der Waals surface area contributed by atoms with Crippen molar-refractivity contribution in [2.75, 3.05) is 5.32 Å². The van der Waals surface area contributed by atoms with Crippen LogP contribution in [0.4, 0.5) is 11.4 Å². The number of anilines is 1. The van der Waals surface area contributed by atoms with Crippen LogP contribution in [-0.2, 0) is 0 Å². The molecule has 5 aromatic rings. The topological polar surface area (TPSA) is 54.6 Å². The summed E-state index contributed by atoms with van der Waals surface area (Å²) in [4.78, 5) is 17.9. The highest BCUT2D eigenvalue weighted by Crippen LogP contribution is 2.24. The average molecular weight is 425 g/mol. The maximum Gasteiger partial charge on any atom is 0.261 e. The molecule has 31 heavy (non-hydrogen) atoms. The Hall–Kier alpha value is -3.89. The number of amides is 1. The van der Waals surface area contributed by atoms with Crippen molar-refractivity contribution in [1.82, 2.24) is 0 Å². The molecule has 0 saturated carbocycles. The second-order valence-corrected chi connectivity index (χ2v) is 7.51. The third-order valence-corrected chi connectivity index (χ3v) is 5.21. The van der Waals surface area contributed by atoms with E-state index in [0.717, 1.165) is 21.8 Å². The summed E-state index contributed by atoms with van der Waals surface area (Å²) in [6.45, 7) is 0. The van der Waals surface area contributed by atoms with Gasteiger partial charge in [-0.1, -0.05) is 66.2 Å². The van der Waals surface area contributed by atoms with Gasteiger partial charge in [-0.3, -0.25) is 4.79 Å². The summed E-state index contributed by atoms with van der Waals surface area (Å²) in [6, 6.07) is 30.1. The van der Waals surface area contributed by atoms with Crippen LogP contribution in [0.1, 0.15) is 10.4 Å². The summed E-state index contributed by atoms with van der Waals surface area (Å²) in [5.74, 6) is -0.309. The highest BCUT2D eigenvalue weighted by atomic mass is 35.5. The normalized spacial score (nSPS) is 11.7. The number of benzene rings is 4. The fraction of sp³-hybridized carbons (Fsp3) is 0. The summed E-state index contributed by atoms with van der Waals surface area (Å²) in [5.41, 5.74) is 2.57. The van der Waals surface area contributed by atoms with E-state index in [1.807, 2.05) is 72.8 Å². The first kappa shape index (κ1) is 19.1. The Bertz CT molecular complexity index is 1490. The maximum atomic E-state index is 13.3. The highest BCUT2D eigenvalue weighted by molar-refractivity contribution is 6.31. The Kier molecular flexibility index (Phi) is 4.98. The molecule has 1 N–H and O–H groups in total. The van der Waals surface area contributed by atoms with Crippen LogP contribution in [0, 0.1) is 0 Å². The quantitative estimate of drug-likeness (QED) is 0.349. The van der Waals surface area contributed by atoms with E-state index in [9.17, 15) is 4.79 Å². The fourth-order valence-corrected chi connectivity index (χ4v) is 3.67. The molecule has 0 bridgehead atoms. The van der Waals surface area contributed by atoms with E-state index >= 15 is 0 Å². The van der Waals surface area contributed by atoms with Gasteiger partial charge in [0.2, 0.25) is 5.55 Å². The monoisotopic (exact) mass is 424 g/mol. The van der Waals surface area contributed by atoms with Crippen LogP contribution in [0.2, 0.25) is 5.02 Å². The summed E-state index contributed by atoms with van der Waals surface area (Å²) >= 11 is 6.15. The Morgan fingerprint density at radius 2 is 1.58 bits per heavy atom. The maximum absolute atomic E-state index is 13.3. The summed E-state index contributed by atoms with van der Waals surface area (Å²) in [7, 11) is 0. The van der Waals surface area contributed by atoms with Gasteiger partial charge in [0.05, 0.1) is 5.69 Å². The van der Waals surface area contributed by atoms with E-state index in [1.165, 1.54) is 0 Å². The first-order valence-electron chi connectivity index (χ1n) is 9.80. The fourth-order valence-electron chi connectivity index (χ4n) is 3.49. The first-order valence-corrected chi connectivity index (χ1v) is 10.2. The molecular weight excluding hydrogens is 408 g/mol. The molecule has 0 radical (unpaired) electrons. The number of para-hydroxylation sites is 1. The third kappa shape index (κ3) is 3.93. The lowest BCUT2D eigenvalue weighted by atomic mass is 10.1. The molecule has 0 aliphatic rings. The van der Waals surface area contributed by atoms with E-state index in [-0.39, 0.29) is 11.5 Å². The zero-order valence-corrected chi connectivity index (χ0v) is 17.1. The van der Waals surface area contributed by atoms with Gasteiger partial charge in [-0.05, 0) is 47.9 Å². The molecule has 0 spiro atoms. The molecule has 0 aliphatic heterocycles. The van der Waals surface area contributed by atoms with Crippen molar-refractivity contribution >= 4 is 50.6 Å². The van der Waals surface area contributed by atoms with Crippen molar-refractivity contribution in [3.05, 3.63) is 113 Å². The molecule has 0 saturated heterocycles. The van der Waals surface area contributed by atoms with Crippen LogP contribution in [0.15, 0.2) is 106 Å². The second kappa shape index (κ2) is 8.09. The summed E-state index contributed by atoms with van der Waals surface area (Å²) in [6.07, 6.45) is 0. The van der Waals surface area contributed by atoms with Crippen molar-refractivity contribution < 1.29 is 9.21 Å². The average Bonchev–Trinajstić information content (AvgIpc) is 2.80. The molecule has 0 unspecified atom stereocenters. The SMILES string of the molecule is O=C(Nc1cccc2ccccc12)c1cc2cc(Cl)ccc2oc1=Nc1ccccc1. The van der Waals surface area contributed by atoms with Crippen LogP contribution in [0.3, 0.4) is 0 Å². The molecular formula is C26H17ClN2O2. The standard InChI is InChI=1S/C26H17ClN2O2/c27-19-13-14-24-18(15-19)16-22(26(31-24)28-20-9-2-1-3-10-20)25(30)29-23-12-6-8-17-7-4-5-11-21(17)23/h1-16H,(H,29,30). The molecule has 0 aliphatic carbocycles. The third-order valence-electron chi connectivity index (χ3n) is 4.98. The van der Waals surface area contributed by atoms with Crippen LogP contribution < -0.4 is 10.9 Å². The first-order chi connectivity index (χ1) is 15.2. The van der Waals surface area contributed by atoms with Crippen molar-refractivity contribution in [2.45, 2.75) is 0 Å². The Morgan fingerprint density at radius 1 is 0.806 bits per heavy atom. The predicted octanol–water partition coefficient (Wildman–Crippen LogP) is 6.72. The lowest BCUT2D eigenvalue weighted by Gasteiger charge is -2.10. The van der Waals surface area contributed by atoms with Crippen molar-refractivity contribution in [3.63, 3.8) is 0 Å². The number of hydrogen-bond acceptors (Lipinski definition) is 3. The molecule has 150 valence electrons. The minimum Gasteiger partial charge on any atom is -0.438 e. The Labute approximate surface area is 183 Å². The summed E-state index contributed by atoms with van der Waals surface area (Å²) in [5, 5.41) is 6.31. The molecule has 4 nitrogen and oxygen atoms in total. The number of carbonyl (C=O) groups excluding carboxylic acids is 1. The van der Waals surface area contributed by atoms with Crippen molar-refractivity contribution in [2.24, 2.45) is 4.99 Å². The lowest BCUT2D eigenvalue weighted by molar-refractivity contribution is 0.102. The van der Waals surface area contributed by atoms with Gasteiger partial charge in [0.25, 0.3) is 5.91 Å². The number of carbonyl (C=O) groups is 1. The van der Waals surface area contributed by atoms with Gasteiger partial charge in [0.1, 0.15) is 11.1 Å². The lowest BCUT2D eigenvalue weighted by Crippen LogP contribution is -2.21. The van der Waals surface area contributed by atoms with Gasteiger partial charge in [-0.15, -0.1) is 0 Å². The molecule has 5 rings (SSSR count). The molecule has 5 heteroatoms. The highest BCUT2D eigenvalue weighted by Gasteiger charge is 2.14. The number of nitrogens with one attached hydrogen (secondary N) is 1. The Balaban J connectivity index is 1.66. The molecule has 0 fully saturated rings. The molecule has 1 aromatic heterocycles. The van der Waals surface area contributed by atoms with Gasteiger partial charge in [-0.2, -0.15) is 0 Å². The van der Waals surface area contributed by atoms with Gasteiger partial charge in [0.15, 0.2) is 0 Å². The van der Waals surface area contributed by atoms with Gasteiger partial charge in [-0.25, -0.2) is 4.99 Å². The van der Waals surface area contributed by atoms with Gasteiger partial charge in [0, 0.05) is 21.5 Å². The number of hydrogen-bond donors (Lipinski definition) is 1. The van der Waals surface area contributed by atoms with E-state index < -0.39 is 0 Å². The van der Waals surface area contributed by atoms with E-state index in [2.05, 4.69) is 10.3 Å². The van der Waals surface area contributed by atoms with Crippen LogP contribution in [0.5, 0.6) is 0 Å². The second-order valence-electron chi connectivity index (χ2n) is 7.08. The number of rotatable bonds is 3. The van der Waals surface area contributed by atoms with Crippen molar-refractivity contribution in [1.29, 1.82) is 0 Å². The smallest absolute Gasteiger partial charge is 0.261 e. The van der Waals surface area contributed by atoms with Crippen LogP contribution in [-0.4, -0.2) is 5.91 Å². The van der Waals surface area contributed by atoms with E-state index in [4.69, 9.17) is 16.0 Å². The predicted molar refractivity (Wildman–Crippen MR) is 125 cm³/mol. The molecule has 0 atom stereocenters. The van der Waals surface area contributed by atoms with Gasteiger partial charge >= 0.3 is 0 Å².